The monoisotopic (exact) mass is 494 g/mol. The number of nitrogens with one attached hydrogen (secondary N) is 1. The fourth-order valence-electron chi connectivity index (χ4n) is 4.03. The average molecular weight is 495 g/mol. The van der Waals surface area contributed by atoms with Crippen molar-refractivity contribution in [3.8, 4) is 6.07 Å². The van der Waals surface area contributed by atoms with Crippen LogP contribution >= 0.6 is 23.1 Å². The Morgan fingerprint density at radius 3 is 2.68 bits per heavy atom. The molecule has 1 aromatic carbocycles. The van der Waals surface area contributed by atoms with Gasteiger partial charge in [-0.2, -0.15) is 5.26 Å². The molecule has 3 heterocycles. The number of esters is 1. The number of carbonyl (C=O) groups excluding carboxylic acids is 3. The molecule has 0 spiro atoms. The van der Waals surface area contributed by atoms with Gasteiger partial charge in [0.1, 0.15) is 11.1 Å². The average Bonchev–Trinajstić information content (AvgIpc) is 3.44. The van der Waals surface area contributed by atoms with Crippen molar-refractivity contribution in [2.75, 3.05) is 12.4 Å². The molecular formula is C24H22N4O4S2. The van der Waals surface area contributed by atoms with E-state index in [1.54, 1.807) is 0 Å². The maximum absolute atomic E-state index is 13.7. The van der Waals surface area contributed by atoms with E-state index < -0.39 is 29.0 Å². The van der Waals surface area contributed by atoms with Crippen LogP contribution in [-0.2, 0) is 19.1 Å². The van der Waals surface area contributed by atoms with E-state index in [-0.39, 0.29) is 23.4 Å². The van der Waals surface area contributed by atoms with Gasteiger partial charge in [0.05, 0.1) is 41.7 Å². The highest BCUT2D eigenvalue weighted by molar-refractivity contribution is 8.04. The van der Waals surface area contributed by atoms with E-state index in [4.69, 9.17) is 10.5 Å². The van der Waals surface area contributed by atoms with Gasteiger partial charge in [-0.15, -0.1) is 11.3 Å². The number of rotatable bonds is 5. The lowest BCUT2D eigenvalue weighted by atomic mass is 9.87. The summed E-state index contributed by atoms with van der Waals surface area (Å²) in [6.07, 6.45) is -0.176. The summed E-state index contributed by atoms with van der Waals surface area (Å²) < 4.78 is 4.73. The van der Waals surface area contributed by atoms with Crippen LogP contribution in [-0.4, -0.2) is 35.0 Å². The van der Waals surface area contributed by atoms with Gasteiger partial charge < -0.3 is 15.8 Å². The molecule has 0 radical (unpaired) electrons. The van der Waals surface area contributed by atoms with Crippen LogP contribution in [0, 0.1) is 25.2 Å². The van der Waals surface area contributed by atoms with Gasteiger partial charge in [0.15, 0.2) is 0 Å². The molecule has 4 rings (SSSR count). The number of carbonyl (C=O) groups is 3. The molecule has 2 atom stereocenters. The SMILES string of the molecule is COC(=O)C[C@@H]1SC2=C(C(=O)Nc3ccc(C)cc3C)[C@@H](c3cccs3)C(C#N)=C(N)N2C1=O. The minimum absolute atomic E-state index is 0.0242. The number of benzene rings is 1. The van der Waals surface area contributed by atoms with Crippen molar-refractivity contribution in [3.05, 3.63) is 73.7 Å². The van der Waals surface area contributed by atoms with Crippen molar-refractivity contribution in [3.63, 3.8) is 0 Å². The number of hydrogen-bond donors (Lipinski definition) is 2. The van der Waals surface area contributed by atoms with Crippen LogP contribution in [0.25, 0.3) is 0 Å². The van der Waals surface area contributed by atoms with Gasteiger partial charge in [-0.3, -0.25) is 19.3 Å². The zero-order valence-corrected chi connectivity index (χ0v) is 20.4. The van der Waals surface area contributed by atoms with E-state index >= 15 is 0 Å². The molecule has 1 saturated heterocycles. The second kappa shape index (κ2) is 9.37. The number of fused-ring (bicyclic) bond motifs is 1. The number of thioether (sulfide) groups is 1. The van der Waals surface area contributed by atoms with Crippen LogP contribution < -0.4 is 11.1 Å². The molecule has 174 valence electrons. The molecule has 1 aromatic heterocycles. The number of thiophene rings is 1. The lowest BCUT2D eigenvalue weighted by Crippen LogP contribution is -2.39. The minimum atomic E-state index is -0.813. The lowest BCUT2D eigenvalue weighted by molar-refractivity contribution is -0.142. The normalized spacial score (nSPS) is 19.7. The first-order valence-electron chi connectivity index (χ1n) is 10.4. The standard InChI is InChI=1S/C24H22N4O4S2/c1-12-6-7-15(13(2)9-12)27-22(30)20-19(16-5-4-8-33-16)14(11-25)21(26)28-23(31)17(34-24(20)28)10-18(29)32-3/h4-9,17,19H,10,26H2,1-3H3,(H,27,30)/t17-,19+/m0/s1. The summed E-state index contributed by atoms with van der Waals surface area (Å²) in [5.74, 6) is -2.21. The molecule has 2 aliphatic rings. The molecule has 2 aliphatic heterocycles. The van der Waals surface area contributed by atoms with Crippen molar-refractivity contribution in [1.82, 2.24) is 4.90 Å². The maximum Gasteiger partial charge on any atom is 0.307 e. The molecule has 0 bridgehead atoms. The number of amides is 2. The van der Waals surface area contributed by atoms with Gasteiger partial charge in [0, 0.05) is 10.6 Å². The van der Waals surface area contributed by atoms with Gasteiger partial charge in [-0.25, -0.2) is 0 Å². The van der Waals surface area contributed by atoms with Crippen LogP contribution in [0.3, 0.4) is 0 Å². The fraction of sp³-hybridized carbons (Fsp3) is 0.250. The molecule has 10 heteroatoms. The quantitative estimate of drug-likeness (QED) is 0.609. The number of ether oxygens (including phenoxy) is 1. The van der Waals surface area contributed by atoms with Crippen LogP contribution in [0.5, 0.6) is 0 Å². The number of nitrogens with zero attached hydrogens (tertiary/aromatic N) is 2. The molecule has 2 aromatic rings. The summed E-state index contributed by atoms with van der Waals surface area (Å²) in [5, 5.41) is 14.3. The molecule has 0 unspecified atom stereocenters. The largest absolute Gasteiger partial charge is 0.469 e. The summed E-state index contributed by atoms with van der Waals surface area (Å²) in [5.41, 5.74) is 9.25. The Labute approximate surface area is 205 Å². The molecule has 2 amide bonds. The minimum Gasteiger partial charge on any atom is -0.469 e. The van der Waals surface area contributed by atoms with Crippen LogP contribution in [0.4, 0.5) is 5.69 Å². The topological polar surface area (TPSA) is 126 Å². The van der Waals surface area contributed by atoms with Crippen molar-refractivity contribution in [2.45, 2.75) is 31.4 Å². The molecule has 8 nitrogen and oxygen atoms in total. The third-order valence-electron chi connectivity index (χ3n) is 5.68. The summed E-state index contributed by atoms with van der Waals surface area (Å²) in [7, 11) is 1.25. The van der Waals surface area contributed by atoms with Crippen molar-refractivity contribution in [1.29, 1.82) is 5.26 Å². The van der Waals surface area contributed by atoms with E-state index in [9.17, 15) is 19.6 Å². The number of aryl methyl sites for hydroxylation is 2. The number of hydrogen-bond acceptors (Lipinski definition) is 8. The smallest absolute Gasteiger partial charge is 0.307 e. The zero-order valence-electron chi connectivity index (χ0n) is 18.7. The highest BCUT2D eigenvalue weighted by atomic mass is 32.2. The first kappa shape index (κ1) is 23.6. The van der Waals surface area contributed by atoms with E-state index in [1.807, 2.05) is 49.6 Å². The van der Waals surface area contributed by atoms with Gasteiger partial charge in [0.2, 0.25) is 5.91 Å². The highest BCUT2D eigenvalue weighted by Gasteiger charge is 2.48. The fourth-order valence-corrected chi connectivity index (χ4v) is 6.20. The van der Waals surface area contributed by atoms with E-state index in [0.717, 1.165) is 27.8 Å². The first-order valence-corrected chi connectivity index (χ1v) is 12.2. The van der Waals surface area contributed by atoms with Gasteiger partial charge >= 0.3 is 5.97 Å². The highest BCUT2D eigenvalue weighted by Crippen LogP contribution is 2.50. The summed E-state index contributed by atoms with van der Waals surface area (Å²) in [4.78, 5) is 40.8. The molecular weight excluding hydrogens is 472 g/mol. The molecule has 3 N–H and O–H groups in total. The zero-order chi connectivity index (χ0) is 24.6. The number of allylic oxidation sites excluding steroid dienone is 1. The second-order valence-corrected chi connectivity index (χ2v) is 10.1. The predicted molar refractivity (Wildman–Crippen MR) is 130 cm³/mol. The van der Waals surface area contributed by atoms with Gasteiger partial charge in [0.25, 0.3) is 5.91 Å². The second-order valence-electron chi connectivity index (χ2n) is 7.91. The third kappa shape index (κ3) is 4.08. The Kier molecular flexibility index (Phi) is 6.50. The number of methoxy groups -OCH3 is 1. The van der Waals surface area contributed by atoms with Crippen molar-refractivity contribution in [2.24, 2.45) is 5.73 Å². The van der Waals surface area contributed by atoms with Gasteiger partial charge in [-0.05, 0) is 36.9 Å². The molecule has 0 saturated carbocycles. The Balaban J connectivity index is 1.85. The molecule has 0 aliphatic carbocycles. The van der Waals surface area contributed by atoms with Crippen molar-refractivity contribution >= 4 is 46.6 Å². The van der Waals surface area contributed by atoms with Gasteiger partial charge in [-0.1, -0.05) is 35.5 Å². The number of anilines is 1. The van der Waals surface area contributed by atoms with Crippen LogP contribution in [0.2, 0.25) is 0 Å². The lowest BCUT2D eigenvalue weighted by Gasteiger charge is -2.31. The number of nitriles is 1. The summed E-state index contributed by atoms with van der Waals surface area (Å²) in [6.45, 7) is 3.85. The van der Waals surface area contributed by atoms with E-state index in [1.165, 1.54) is 23.3 Å². The summed E-state index contributed by atoms with van der Waals surface area (Å²) >= 11 is 2.48. The Bertz CT molecular complexity index is 1290. The Hall–Kier alpha value is -3.55. The maximum atomic E-state index is 13.7. The van der Waals surface area contributed by atoms with E-state index in [0.29, 0.717) is 10.7 Å². The van der Waals surface area contributed by atoms with Crippen LogP contribution in [0.15, 0.2) is 57.7 Å². The molecule has 34 heavy (non-hydrogen) atoms. The number of nitrogens with two attached hydrogens (primary N) is 1. The van der Waals surface area contributed by atoms with Crippen molar-refractivity contribution < 1.29 is 19.1 Å². The van der Waals surface area contributed by atoms with Crippen LogP contribution in [0.1, 0.15) is 28.3 Å². The predicted octanol–water partition coefficient (Wildman–Crippen LogP) is 3.51. The van der Waals surface area contributed by atoms with E-state index in [2.05, 4.69) is 11.4 Å². The Morgan fingerprint density at radius 2 is 2.06 bits per heavy atom. The summed E-state index contributed by atoms with van der Waals surface area (Å²) in [6, 6.07) is 11.4. The Morgan fingerprint density at radius 1 is 1.29 bits per heavy atom. The first-order chi connectivity index (χ1) is 16.3. The molecule has 1 fully saturated rings. The third-order valence-corrected chi connectivity index (χ3v) is 7.90.